The topological polar surface area (TPSA) is 95.5 Å². The standard InChI is InChI=1S/C18H16ClFN2O4/c1-10(21-18(25)26)14(23)9-11-7-8-13(20)16(19)15(11)17(24)22-12-5-3-2-4-6-12/h2-8,10,21H,9H2,1H3,(H,22,24)(H,25,26)/t10-/m0/s1/i2D,3D,4D,5D,6D. The van der Waals surface area contributed by atoms with E-state index >= 15 is 0 Å². The highest BCUT2D eigenvalue weighted by atomic mass is 35.5. The minimum Gasteiger partial charge on any atom is -0.465 e. The van der Waals surface area contributed by atoms with Crippen LogP contribution in [-0.4, -0.2) is 28.9 Å². The second kappa shape index (κ2) is 8.44. The summed E-state index contributed by atoms with van der Waals surface area (Å²) in [6.45, 7) is 1.29. The van der Waals surface area contributed by atoms with Crippen molar-refractivity contribution in [3.8, 4) is 0 Å². The molecule has 0 aromatic heterocycles. The molecule has 2 amide bonds. The largest absolute Gasteiger partial charge is 0.465 e. The highest BCUT2D eigenvalue weighted by Gasteiger charge is 2.23. The van der Waals surface area contributed by atoms with Crippen LogP contribution < -0.4 is 10.6 Å². The molecular weight excluding hydrogens is 363 g/mol. The van der Waals surface area contributed by atoms with E-state index in [-0.39, 0.29) is 5.56 Å². The predicted octanol–water partition coefficient (Wildman–Crippen LogP) is 3.50. The van der Waals surface area contributed by atoms with Gasteiger partial charge in [0.1, 0.15) is 5.82 Å². The number of amides is 2. The molecule has 0 aliphatic rings. The first-order valence-electron chi connectivity index (χ1n) is 9.74. The monoisotopic (exact) mass is 383 g/mol. The third-order valence-electron chi connectivity index (χ3n) is 3.33. The van der Waals surface area contributed by atoms with Crippen LogP contribution in [0.25, 0.3) is 0 Å². The van der Waals surface area contributed by atoms with E-state index < -0.39 is 82.5 Å². The number of hydrogen-bond acceptors (Lipinski definition) is 3. The molecule has 136 valence electrons. The Hall–Kier alpha value is -2.93. The highest BCUT2D eigenvalue weighted by Crippen LogP contribution is 2.26. The molecule has 0 saturated carbocycles. The molecule has 0 radical (unpaired) electrons. The molecule has 0 aliphatic heterocycles. The minimum atomic E-state index is -1.43. The molecule has 0 aliphatic carbocycles. The average Bonchev–Trinajstić information content (AvgIpc) is 2.70. The fourth-order valence-corrected chi connectivity index (χ4v) is 2.35. The first-order chi connectivity index (χ1) is 14.4. The Morgan fingerprint density at radius 2 is 1.92 bits per heavy atom. The number of para-hydroxylation sites is 1. The smallest absolute Gasteiger partial charge is 0.405 e. The van der Waals surface area contributed by atoms with Crippen LogP contribution in [0.4, 0.5) is 14.9 Å². The van der Waals surface area contributed by atoms with E-state index in [4.69, 9.17) is 23.6 Å². The van der Waals surface area contributed by atoms with Gasteiger partial charge in [-0.25, -0.2) is 9.18 Å². The molecule has 1 atom stereocenters. The lowest BCUT2D eigenvalue weighted by Gasteiger charge is -2.14. The summed E-state index contributed by atoms with van der Waals surface area (Å²) >= 11 is 5.92. The van der Waals surface area contributed by atoms with Crippen molar-refractivity contribution in [1.29, 1.82) is 0 Å². The van der Waals surface area contributed by atoms with Crippen LogP contribution in [0.1, 0.15) is 29.7 Å². The second-order valence-corrected chi connectivity index (χ2v) is 5.54. The van der Waals surface area contributed by atoms with Gasteiger partial charge < -0.3 is 15.7 Å². The van der Waals surface area contributed by atoms with Gasteiger partial charge in [-0.2, -0.15) is 0 Å². The predicted molar refractivity (Wildman–Crippen MR) is 95.1 cm³/mol. The maximum Gasteiger partial charge on any atom is 0.405 e. The van der Waals surface area contributed by atoms with Crippen molar-refractivity contribution in [1.82, 2.24) is 5.32 Å². The number of halogens is 2. The number of rotatable bonds is 6. The Morgan fingerprint density at radius 3 is 2.54 bits per heavy atom. The molecule has 0 spiro atoms. The van der Waals surface area contributed by atoms with Crippen molar-refractivity contribution in [3.05, 3.63) is 64.3 Å². The zero-order valence-electron chi connectivity index (χ0n) is 18.4. The summed E-state index contributed by atoms with van der Waals surface area (Å²) in [4.78, 5) is 35.8. The van der Waals surface area contributed by atoms with Crippen molar-refractivity contribution >= 4 is 35.1 Å². The summed E-state index contributed by atoms with van der Waals surface area (Å²) in [5, 5.41) is 12.2. The molecule has 26 heavy (non-hydrogen) atoms. The Labute approximate surface area is 161 Å². The number of carbonyl (C=O) groups is 3. The Kier molecular flexibility index (Phi) is 4.32. The zero-order chi connectivity index (χ0) is 23.6. The summed E-state index contributed by atoms with van der Waals surface area (Å²) < 4.78 is 52.6. The maximum absolute atomic E-state index is 14.0. The van der Waals surface area contributed by atoms with Gasteiger partial charge in [0.25, 0.3) is 5.91 Å². The average molecular weight is 384 g/mol. The van der Waals surface area contributed by atoms with E-state index in [1.165, 1.54) is 6.92 Å². The van der Waals surface area contributed by atoms with Gasteiger partial charge in [-0.3, -0.25) is 9.59 Å². The zero-order valence-corrected chi connectivity index (χ0v) is 14.1. The van der Waals surface area contributed by atoms with Crippen molar-refractivity contribution in [2.24, 2.45) is 0 Å². The molecule has 3 N–H and O–H groups in total. The summed E-state index contributed by atoms with van der Waals surface area (Å²) in [6, 6.07) is -2.52. The van der Waals surface area contributed by atoms with Crippen LogP contribution in [0, 0.1) is 5.82 Å². The van der Waals surface area contributed by atoms with Crippen LogP contribution in [0.2, 0.25) is 5.02 Å². The van der Waals surface area contributed by atoms with Crippen LogP contribution >= 0.6 is 11.6 Å². The molecular formula is C18H16ClFN2O4. The quantitative estimate of drug-likeness (QED) is 0.711. The molecule has 2 aromatic carbocycles. The fourth-order valence-electron chi connectivity index (χ4n) is 2.08. The van der Waals surface area contributed by atoms with Gasteiger partial charge in [-0.1, -0.05) is 35.8 Å². The lowest BCUT2D eigenvalue weighted by Crippen LogP contribution is -2.38. The molecule has 0 heterocycles. The highest BCUT2D eigenvalue weighted by molar-refractivity contribution is 6.35. The van der Waals surface area contributed by atoms with Gasteiger partial charge in [0.05, 0.1) is 23.5 Å². The van der Waals surface area contributed by atoms with Crippen molar-refractivity contribution < 1.29 is 30.7 Å². The normalized spacial score (nSPS) is 14.2. The van der Waals surface area contributed by atoms with E-state index in [1.807, 2.05) is 5.32 Å². The third kappa shape index (κ3) is 4.80. The summed E-state index contributed by atoms with van der Waals surface area (Å²) in [5.41, 5.74) is -1.07. The Bertz CT molecular complexity index is 1070. The fraction of sp³-hybridized carbons (Fsp3) is 0.167. The first kappa shape index (κ1) is 13.3. The van der Waals surface area contributed by atoms with Crippen molar-refractivity contribution in [3.63, 3.8) is 0 Å². The third-order valence-corrected chi connectivity index (χ3v) is 3.70. The summed E-state index contributed by atoms with van der Waals surface area (Å²) in [7, 11) is 0. The van der Waals surface area contributed by atoms with Gasteiger partial charge in [0, 0.05) is 12.1 Å². The number of hydrogen-bond donors (Lipinski definition) is 3. The molecule has 8 heteroatoms. The number of Topliss-reactive ketones (excluding diaryl/α,β-unsaturated/α-hetero) is 1. The number of benzene rings is 2. The van der Waals surface area contributed by atoms with Gasteiger partial charge in [0.2, 0.25) is 0 Å². The second-order valence-electron chi connectivity index (χ2n) is 5.16. The van der Waals surface area contributed by atoms with Crippen LogP contribution in [-0.2, 0) is 11.2 Å². The maximum atomic E-state index is 14.0. The number of carboxylic acid groups (broad SMARTS) is 1. The van der Waals surface area contributed by atoms with Crippen LogP contribution in [0.5, 0.6) is 0 Å². The van der Waals surface area contributed by atoms with E-state index in [1.54, 1.807) is 0 Å². The molecule has 0 unspecified atom stereocenters. The molecule has 2 rings (SSSR count). The van der Waals surface area contributed by atoms with Gasteiger partial charge in [0.15, 0.2) is 5.78 Å². The Morgan fingerprint density at radius 1 is 1.27 bits per heavy atom. The van der Waals surface area contributed by atoms with Gasteiger partial charge >= 0.3 is 6.09 Å². The molecule has 2 aromatic rings. The van der Waals surface area contributed by atoms with Crippen LogP contribution in [0.3, 0.4) is 0 Å². The van der Waals surface area contributed by atoms with Crippen molar-refractivity contribution in [2.45, 2.75) is 19.4 Å². The van der Waals surface area contributed by atoms with E-state index in [2.05, 4.69) is 5.32 Å². The molecule has 0 bridgehead atoms. The molecule has 6 nitrogen and oxygen atoms in total. The SMILES string of the molecule is [2H]c1c([2H])c([2H])c(NC(=O)c2c(CC(=O)[C@H](C)NC(=O)O)ccc(F)c2Cl)c([2H])c1[2H]. The number of anilines is 1. The van der Waals surface area contributed by atoms with E-state index in [0.717, 1.165) is 12.1 Å². The van der Waals surface area contributed by atoms with Crippen LogP contribution in [0.15, 0.2) is 42.3 Å². The number of nitrogens with one attached hydrogen (secondary N) is 2. The van der Waals surface area contributed by atoms with E-state index in [0.29, 0.717) is 0 Å². The lowest BCUT2D eigenvalue weighted by molar-refractivity contribution is -0.119. The Balaban J connectivity index is 2.47. The summed E-state index contributed by atoms with van der Waals surface area (Å²) in [6.07, 6.45) is -1.91. The lowest BCUT2D eigenvalue weighted by atomic mass is 9.98. The van der Waals surface area contributed by atoms with E-state index in [9.17, 15) is 18.8 Å². The molecule has 0 saturated heterocycles. The van der Waals surface area contributed by atoms with Gasteiger partial charge in [-0.15, -0.1) is 0 Å². The molecule has 0 fully saturated rings. The van der Waals surface area contributed by atoms with Gasteiger partial charge in [-0.05, 0) is 30.6 Å². The first-order valence-corrected chi connectivity index (χ1v) is 7.61. The summed E-state index contributed by atoms with van der Waals surface area (Å²) in [5.74, 6) is -2.73. The number of ketones is 1. The number of carbonyl (C=O) groups excluding carboxylic acids is 2. The minimum absolute atomic E-state index is 0.0414. The van der Waals surface area contributed by atoms with Crippen molar-refractivity contribution in [2.75, 3.05) is 5.32 Å².